The number of hydrogen-bond donors (Lipinski definition) is 1. The molecule has 0 bridgehead atoms. The van der Waals surface area contributed by atoms with E-state index in [0.29, 0.717) is 18.5 Å². The zero-order valence-corrected chi connectivity index (χ0v) is 16.7. The summed E-state index contributed by atoms with van der Waals surface area (Å²) in [7, 11) is 4.06. The molecule has 1 aromatic heterocycles. The number of carbonyl (C=O) groups excluding carboxylic acids is 1. The number of nitro benzene ring substituents is 1. The first-order chi connectivity index (χ1) is 14.0. The Labute approximate surface area is 169 Å². The van der Waals surface area contributed by atoms with Gasteiger partial charge in [-0.05, 0) is 26.2 Å². The van der Waals surface area contributed by atoms with Gasteiger partial charge in [-0.1, -0.05) is 30.3 Å². The molecule has 0 saturated carbocycles. The van der Waals surface area contributed by atoms with Crippen molar-refractivity contribution in [2.24, 2.45) is 0 Å². The van der Waals surface area contributed by atoms with E-state index < -0.39 is 4.92 Å². The highest BCUT2D eigenvalue weighted by Gasteiger charge is 2.16. The molecule has 1 N–H and O–H groups in total. The maximum Gasteiger partial charge on any atom is 0.273 e. The number of nitro groups is 1. The molecule has 0 unspecified atom stereocenters. The van der Waals surface area contributed by atoms with E-state index in [-0.39, 0.29) is 18.0 Å². The Morgan fingerprint density at radius 3 is 2.66 bits per heavy atom. The van der Waals surface area contributed by atoms with Crippen LogP contribution < -0.4 is 5.32 Å². The molecule has 0 aliphatic heterocycles. The molecule has 29 heavy (non-hydrogen) atoms. The van der Waals surface area contributed by atoms with E-state index in [1.54, 1.807) is 18.2 Å². The molecular formula is C21H25N5O3. The van der Waals surface area contributed by atoms with Crippen molar-refractivity contribution in [3.05, 3.63) is 70.0 Å². The van der Waals surface area contributed by atoms with Crippen LogP contribution in [0.2, 0.25) is 0 Å². The Hall–Kier alpha value is -3.26. The van der Waals surface area contributed by atoms with Crippen LogP contribution >= 0.6 is 0 Å². The largest absolute Gasteiger partial charge is 0.355 e. The van der Waals surface area contributed by atoms with Crippen LogP contribution in [0.1, 0.15) is 11.4 Å². The Bertz CT molecular complexity index is 1010. The third-order valence-electron chi connectivity index (χ3n) is 4.71. The molecule has 0 fully saturated rings. The fourth-order valence-corrected chi connectivity index (χ4v) is 3.25. The van der Waals surface area contributed by atoms with Gasteiger partial charge in [-0.2, -0.15) is 0 Å². The van der Waals surface area contributed by atoms with Crippen LogP contribution in [0, 0.1) is 10.1 Å². The van der Waals surface area contributed by atoms with Crippen molar-refractivity contribution in [2.75, 3.05) is 27.2 Å². The van der Waals surface area contributed by atoms with Gasteiger partial charge in [0, 0.05) is 37.7 Å². The van der Waals surface area contributed by atoms with Crippen LogP contribution in [0.3, 0.4) is 0 Å². The third kappa shape index (κ3) is 5.17. The van der Waals surface area contributed by atoms with E-state index in [4.69, 9.17) is 4.98 Å². The lowest BCUT2D eigenvalue weighted by atomic mass is 10.1. The summed E-state index contributed by atoms with van der Waals surface area (Å²) in [4.78, 5) is 29.7. The van der Waals surface area contributed by atoms with Gasteiger partial charge in [0.25, 0.3) is 5.69 Å². The summed E-state index contributed by atoms with van der Waals surface area (Å²) in [5, 5.41) is 14.0. The Kier molecular flexibility index (Phi) is 6.56. The SMILES string of the molecule is CN(C)CCn1c(CCNC(=O)Cc2ccccc2[N+](=O)[O-])nc2ccccc21. The molecule has 2 aromatic carbocycles. The fraction of sp³-hybridized carbons (Fsp3) is 0.333. The van der Waals surface area contributed by atoms with E-state index in [2.05, 4.69) is 20.9 Å². The van der Waals surface area contributed by atoms with Gasteiger partial charge in [0.05, 0.1) is 22.4 Å². The second-order valence-electron chi connectivity index (χ2n) is 7.13. The number of nitrogens with one attached hydrogen (secondary N) is 1. The number of para-hydroxylation sites is 3. The van der Waals surface area contributed by atoms with Gasteiger partial charge in [-0.15, -0.1) is 0 Å². The number of likely N-dealkylation sites (N-methyl/N-ethyl adjacent to an activating group) is 1. The van der Waals surface area contributed by atoms with Crippen LogP contribution in [-0.4, -0.2) is 52.5 Å². The van der Waals surface area contributed by atoms with Crippen LogP contribution in [0.25, 0.3) is 11.0 Å². The lowest BCUT2D eigenvalue weighted by Gasteiger charge is -2.13. The van der Waals surface area contributed by atoms with Crippen LogP contribution in [0.5, 0.6) is 0 Å². The van der Waals surface area contributed by atoms with E-state index in [1.807, 2.05) is 32.3 Å². The standard InChI is InChI=1S/C21H25N5O3/c1-24(2)13-14-25-19-10-6-4-8-17(19)23-20(25)11-12-22-21(27)15-16-7-3-5-9-18(16)26(28)29/h3-10H,11-15H2,1-2H3,(H,22,27). The van der Waals surface area contributed by atoms with Crippen molar-refractivity contribution >= 4 is 22.6 Å². The summed E-state index contributed by atoms with van der Waals surface area (Å²) < 4.78 is 2.18. The molecule has 0 radical (unpaired) electrons. The molecule has 3 aromatic rings. The number of imidazole rings is 1. The average Bonchev–Trinajstić information content (AvgIpc) is 3.04. The number of nitrogens with zero attached hydrogens (tertiary/aromatic N) is 4. The number of rotatable bonds is 9. The molecule has 0 spiro atoms. The molecule has 0 aliphatic carbocycles. The number of amides is 1. The second-order valence-corrected chi connectivity index (χ2v) is 7.13. The van der Waals surface area contributed by atoms with Gasteiger partial charge >= 0.3 is 0 Å². The maximum absolute atomic E-state index is 12.3. The highest BCUT2D eigenvalue weighted by molar-refractivity contribution is 5.80. The van der Waals surface area contributed by atoms with Gasteiger partial charge in [-0.3, -0.25) is 14.9 Å². The monoisotopic (exact) mass is 395 g/mol. The zero-order chi connectivity index (χ0) is 20.8. The predicted octanol–water partition coefficient (Wildman–Crippen LogP) is 2.41. The first kappa shape index (κ1) is 20.5. The predicted molar refractivity (Wildman–Crippen MR) is 112 cm³/mol. The minimum Gasteiger partial charge on any atom is -0.355 e. The molecule has 1 amide bonds. The molecule has 3 rings (SSSR count). The molecule has 0 saturated heterocycles. The number of carbonyl (C=O) groups is 1. The van der Waals surface area contributed by atoms with Crippen molar-refractivity contribution in [3.63, 3.8) is 0 Å². The van der Waals surface area contributed by atoms with E-state index >= 15 is 0 Å². The van der Waals surface area contributed by atoms with Crippen molar-refractivity contribution in [2.45, 2.75) is 19.4 Å². The van der Waals surface area contributed by atoms with Crippen molar-refractivity contribution < 1.29 is 9.72 Å². The lowest BCUT2D eigenvalue weighted by Crippen LogP contribution is -2.28. The van der Waals surface area contributed by atoms with Crippen molar-refractivity contribution in [1.29, 1.82) is 0 Å². The van der Waals surface area contributed by atoms with Gasteiger partial charge in [0.2, 0.25) is 5.91 Å². The maximum atomic E-state index is 12.3. The third-order valence-corrected chi connectivity index (χ3v) is 4.71. The summed E-state index contributed by atoms with van der Waals surface area (Å²) in [6.45, 7) is 2.12. The summed E-state index contributed by atoms with van der Waals surface area (Å²) >= 11 is 0. The van der Waals surface area contributed by atoms with Crippen molar-refractivity contribution in [3.8, 4) is 0 Å². The minimum absolute atomic E-state index is 0.0196. The van der Waals surface area contributed by atoms with E-state index in [1.165, 1.54) is 6.07 Å². The number of fused-ring (bicyclic) bond motifs is 1. The van der Waals surface area contributed by atoms with Gasteiger partial charge < -0.3 is 14.8 Å². The lowest BCUT2D eigenvalue weighted by molar-refractivity contribution is -0.385. The van der Waals surface area contributed by atoms with Crippen LogP contribution in [-0.2, 0) is 24.2 Å². The van der Waals surface area contributed by atoms with Crippen LogP contribution in [0.15, 0.2) is 48.5 Å². The fourth-order valence-electron chi connectivity index (χ4n) is 3.25. The molecule has 8 nitrogen and oxygen atoms in total. The number of hydrogen-bond acceptors (Lipinski definition) is 5. The quantitative estimate of drug-likeness (QED) is 0.444. The van der Waals surface area contributed by atoms with Gasteiger partial charge in [0.15, 0.2) is 0 Å². The Morgan fingerprint density at radius 1 is 1.17 bits per heavy atom. The Balaban J connectivity index is 1.64. The first-order valence-corrected chi connectivity index (χ1v) is 9.53. The molecule has 0 atom stereocenters. The Morgan fingerprint density at radius 2 is 1.90 bits per heavy atom. The van der Waals surface area contributed by atoms with Gasteiger partial charge in [0.1, 0.15) is 5.82 Å². The zero-order valence-electron chi connectivity index (χ0n) is 16.7. The second kappa shape index (κ2) is 9.29. The molecule has 0 aliphatic rings. The summed E-state index contributed by atoms with van der Waals surface area (Å²) in [5.41, 5.74) is 2.39. The smallest absolute Gasteiger partial charge is 0.273 e. The molecule has 152 valence electrons. The van der Waals surface area contributed by atoms with Crippen molar-refractivity contribution in [1.82, 2.24) is 19.8 Å². The minimum atomic E-state index is -0.463. The molecule has 8 heteroatoms. The van der Waals surface area contributed by atoms with E-state index in [9.17, 15) is 14.9 Å². The van der Waals surface area contributed by atoms with Crippen LogP contribution in [0.4, 0.5) is 5.69 Å². The van der Waals surface area contributed by atoms with E-state index in [0.717, 1.165) is 29.9 Å². The highest BCUT2D eigenvalue weighted by Crippen LogP contribution is 2.18. The molecular weight excluding hydrogens is 370 g/mol. The highest BCUT2D eigenvalue weighted by atomic mass is 16.6. The summed E-state index contributed by atoms with van der Waals surface area (Å²) in [6, 6.07) is 14.3. The number of aromatic nitrogens is 2. The topological polar surface area (TPSA) is 93.3 Å². The van der Waals surface area contributed by atoms with Gasteiger partial charge in [-0.25, -0.2) is 4.98 Å². The number of benzene rings is 2. The first-order valence-electron chi connectivity index (χ1n) is 9.53. The summed E-state index contributed by atoms with van der Waals surface area (Å²) in [6.07, 6.45) is 0.568. The molecule has 1 heterocycles. The normalized spacial score (nSPS) is 11.1. The average molecular weight is 395 g/mol. The summed E-state index contributed by atoms with van der Waals surface area (Å²) in [5.74, 6) is 0.675.